The lowest BCUT2D eigenvalue weighted by Gasteiger charge is -2.10. The predicted octanol–water partition coefficient (Wildman–Crippen LogP) is 5.00. The Morgan fingerprint density at radius 2 is 1.88 bits per heavy atom. The molecule has 2 aromatic carbocycles. The second kappa shape index (κ2) is 7.42. The van der Waals surface area contributed by atoms with E-state index in [9.17, 15) is 14.0 Å². The summed E-state index contributed by atoms with van der Waals surface area (Å²) in [6.07, 6.45) is 0. The molecule has 0 unspecified atom stereocenters. The molecule has 0 aliphatic heterocycles. The van der Waals surface area contributed by atoms with Crippen molar-refractivity contribution >= 4 is 33.7 Å². The van der Waals surface area contributed by atoms with Gasteiger partial charge in [-0.05, 0) is 49.7 Å². The van der Waals surface area contributed by atoms with Gasteiger partial charge in [0, 0.05) is 28.8 Å². The number of aromatic nitrogens is 2. The highest BCUT2D eigenvalue weighted by Gasteiger charge is 2.21. The highest BCUT2D eigenvalue weighted by Crippen LogP contribution is 2.29. The fourth-order valence-electron chi connectivity index (χ4n) is 3.68. The molecule has 0 radical (unpaired) electrons. The van der Waals surface area contributed by atoms with E-state index in [1.165, 1.54) is 18.2 Å². The zero-order chi connectivity index (χ0) is 22.4. The monoisotopic (exact) mass is 429 g/mol. The summed E-state index contributed by atoms with van der Waals surface area (Å²) in [6, 6.07) is 14.1. The molecular formula is C24H16FN3O4. The Morgan fingerprint density at radius 3 is 2.69 bits per heavy atom. The van der Waals surface area contributed by atoms with E-state index in [0.29, 0.717) is 22.4 Å². The third kappa shape index (κ3) is 3.31. The van der Waals surface area contributed by atoms with Crippen LogP contribution in [0.5, 0.6) is 0 Å². The van der Waals surface area contributed by atoms with Crippen LogP contribution in [-0.4, -0.2) is 16.0 Å². The summed E-state index contributed by atoms with van der Waals surface area (Å²) < 4.78 is 24.9. The molecule has 1 N–H and O–H groups in total. The van der Waals surface area contributed by atoms with E-state index in [4.69, 9.17) is 8.94 Å². The lowest BCUT2D eigenvalue weighted by Crippen LogP contribution is -2.13. The lowest BCUT2D eigenvalue weighted by molar-refractivity contribution is 0.102. The van der Waals surface area contributed by atoms with Crippen molar-refractivity contribution in [2.75, 3.05) is 5.32 Å². The minimum atomic E-state index is -0.470. The number of carbonyl (C=O) groups excluding carboxylic acids is 1. The number of fused-ring (bicyclic) bond motifs is 2. The minimum Gasteiger partial charge on any atom is -0.423 e. The van der Waals surface area contributed by atoms with Crippen LogP contribution in [0.3, 0.4) is 0 Å². The molecule has 5 rings (SSSR count). The number of hydrogen-bond donors (Lipinski definition) is 1. The predicted molar refractivity (Wildman–Crippen MR) is 117 cm³/mol. The molecule has 0 spiro atoms. The van der Waals surface area contributed by atoms with Gasteiger partial charge in [-0.3, -0.25) is 4.79 Å². The topological polar surface area (TPSA) is 98.2 Å². The van der Waals surface area contributed by atoms with Crippen molar-refractivity contribution in [3.8, 4) is 11.3 Å². The Morgan fingerprint density at radius 1 is 1.06 bits per heavy atom. The van der Waals surface area contributed by atoms with Gasteiger partial charge in [-0.1, -0.05) is 17.3 Å². The number of benzene rings is 2. The fraction of sp³-hybridized carbons (Fsp3) is 0.0833. The molecule has 0 aliphatic carbocycles. The number of pyridine rings is 1. The molecule has 1 amide bonds. The zero-order valence-corrected chi connectivity index (χ0v) is 17.1. The molecule has 0 saturated carbocycles. The Balaban J connectivity index is 1.60. The van der Waals surface area contributed by atoms with E-state index < -0.39 is 17.3 Å². The van der Waals surface area contributed by atoms with Gasteiger partial charge in [-0.25, -0.2) is 14.2 Å². The first-order valence-corrected chi connectivity index (χ1v) is 9.78. The maximum atomic E-state index is 14.4. The summed E-state index contributed by atoms with van der Waals surface area (Å²) in [4.78, 5) is 29.3. The van der Waals surface area contributed by atoms with Crippen molar-refractivity contribution in [3.63, 3.8) is 0 Å². The normalized spacial score (nSPS) is 11.2. The molecule has 3 heterocycles. The van der Waals surface area contributed by atoms with Crippen molar-refractivity contribution in [2.45, 2.75) is 13.8 Å². The Hall–Kier alpha value is -4.33. The molecule has 3 aromatic heterocycles. The Labute approximate surface area is 180 Å². The molecule has 0 bridgehead atoms. The summed E-state index contributed by atoms with van der Waals surface area (Å²) in [7, 11) is 0. The van der Waals surface area contributed by atoms with Gasteiger partial charge < -0.3 is 14.3 Å². The van der Waals surface area contributed by atoms with Crippen LogP contribution in [0.15, 0.2) is 68.3 Å². The van der Waals surface area contributed by atoms with Crippen LogP contribution >= 0.6 is 0 Å². The summed E-state index contributed by atoms with van der Waals surface area (Å²) in [5.74, 6) is -0.933. The van der Waals surface area contributed by atoms with Crippen LogP contribution in [0.25, 0.3) is 33.3 Å². The number of anilines is 1. The molecule has 8 heteroatoms. The van der Waals surface area contributed by atoms with Crippen molar-refractivity contribution in [2.24, 2.45) is 0 Å². The van der Waals surface area contributed by atoms with Gasteiger partial charge in [0.05, 0.1) is 22.3 Å². The van der Waals surface area contributed by atoms with E-state index in [0.717, 1.165) is 10.9 Å². The van der Waals surface area contributed by atoms with Gasteiger partial charge in [0.1, 0.15) is 11.4 Å². The molecule has 0 atom stereocenters. The van der Waals surface area contributed by atoms with Crippen molar-refractivity contribution in [1.82, 2.24) is 10.1 Å². The number of carbonyl (C=O) groups is 1. The Bertz CT molecular complexity index is 1590. The number of amides is 1. The molecule has 158 valence electrons. The van der Waals surface area contributed by atoms with Crippen molar-refractivity contribution in [1.29, 1.82) is 0 Å². The third-order valence-corrected chi connectivity index (χ3v) is 5.22. The van der Waals surface area contributed by atoms with E-state index >= 15 is 0 Å². The second-order valence-corrected chi connectivity index (χ2v) is 7.40. The van der Waals surface area contributed by atoms with E-state index in [2.05, 4.69) is 15.5 Å². The number of nitrogens with one attached hydrogen (secondary N) is 1. The van der Waals surface area contributed by atoms with Crippen LogP contribution in [0.1, 0.15) is 21.6 Å². The second-order valence-electron chi connectivity index (χ2n) is 7.40. The average molecular weight is 429 g/mol. The number of nitrogens with zero attached hydrogens (tertiary/aromatic N) is 2. The SMILES string of the molecule is Cc1cc(=O)oc2cc(NC(=O)c3cc(-c4ccccc4F)nc4onc(C)c34)ccc12. The number of halogens is 1. The Kier molecular flexibility index (Phi) is 4.55. The average Bonchev–Trinajstić information content (AvgIpc) is 3.14. The summed E-state index contributed by atoms with van der Waals surface area (Å²) in [5, 5.41) is 7.91. The van der Waals surface area contributed by atoms with E-state index in [1.807, 2.05) is 6.92 Å². The first-order chi connectivity index (χ1) is 15.4. The van der Waals surface area contributed by atoms with Gasteiger partial charge in [-0.15, -0.1) is 0 Å². The number of hydrogen-bond acceptors (Lipinski definition) is 6. The van der Waals surface area contributed by atoms with E-state index in [1.54, 1.807) is 43.3 Å². The zero-order valence-electron chi connectivity index (χ0n) is 17.1. The van der Waals surface area contributed by atoms with Crippen molar-refractivity contribution < 1.29 is 18.1 Å². The largest absolute Gasteiger partial charge is 0.423 e. The first kappa shape index (κ1) is 19.6. The van der Waals surface area contributed by atoms with Crippen LogP contribution in [-0.2, 0) is 0 Å². The molecule has 0 aliphatic rings. The standard InChI is InChI=1S/C24H16FN3O4/c1-12-9-21(29)31-20-10-14(7-8-15(12)20)26-23(30)17-11-19(16-5-3-4-6-18(16)25)27-24-22(17)13(2)28-32-24/h3-11H,1-2H3,(H,26,30). The van der Waals surface area contributed by atoms with Crippen molar-refractivity contribution in [3.05, 3.63) is 87.7 Å². The van der Waals surface area contributed by atoms with Crippen LogP contribution in [0.2, 0.25) is 0 Å². The highest BCUT2D eigenvalue weighted by atomic mass is 19.1. The fourth-order valence-corrected chi connectivity index (χ4v) is 3.68. The summed E-state index contributed by atoms with van der Waals surface area (Å²) in [5.41, 5.74) is 2.44. The smallest absolute Gasteiger partial charge is 0.336 e. The molecule has 0 saturated heterocycles. The molecule has 7 nitrogen and oxygen atoms in total. The van der Waals surface area contributed by atoms with Gasteiger partial charge in [-0.2, -0.15) is 0 Å². The molecule has 32 heavy (non-hydrogen) atoms. The maximum Gasteiger partial charge on any atom is 0.336 e. The van der Waals surface area contributed by atoms with Gasteiger partial charge >= 0.3 is 5.63 Å². The van der Waals surface area contributed by atoms with Gasteiger partial charge in [0.15, 0.2) is 0 Å². The van der Waals surface area contributed by atoms with Gasteiger partial charge in [0.25, 0.3) is 11.6 Å². The van der Waals surface area contributed by atoms with Crippen LogP contribution in [0, 0.1) is 19.7 Å². The van der Waals surface area contributed by atoms with Crippen LogP contribution in [0.4, 0.5) is 10.1 Å². The summed E-state index contributed by atoms with van der Waals surface area (Å²) >= 11 is 0. The number of aryl methyl sites for hydroxylation is 2. The molecular weight excluding hydrogens is 413 g/mol. The quantitative estimate of drug-likeness (QED) is 0.405. The minimum absolute atomic E-state index is 0.133. The van der Waals surface area contributed by atoms with Crippen LogP contribution < -0.4 is 10.9 Å². The first-order valence-electron chi connectivity index (χ1n) is 9.78. The summed E-state index contributed by atoms with van der Waals surface area (Å²) in [6.45, 7) is 3.50. The third-order valence-electron chi connectivity index (χ3n) is 5.22. The highest BCUT2D eigenvalue weighted by molar-refractivity contribution is 6.13. The number of rotatable bonds is 3. The maximum absolute atomic E-state index is 14.4. The molecule has 5 aromatic rings. The lowest BCUT2D eigenvalue weighted by atomic mass is 10.0. The van der Waals surface area contributed by atoms with Gasteiger partial charge in [0.2, 0.25) is 0 Å². The van der Waals surface area contributed by atoms with E-state index in [-0.39, 0.29) is 22.5 Å². The molecule has 0 fully saturated rings.